The van der Waals surface area contributed by atoms with Crippen LogP contribution in [0.15, 0.2) is 36.7 Å². The minimum atomic E-state index is 0.389. The van der Waals surface area contributed by atoms with Gasteiger partial charge in [0.15, 0.2) is 0 Å². The third-order valence-corrected chi connectivity index (χ3v) is 3.32. The minimum Gasteiger partial charge on any atom is -0.494 e. The Hall–Kier alpha value is -1.97. The number of unbranched alkanes of at least 4 members (excludes halogenated alkanes) is 1. The summed E-state index contributed by atoms with van der Waals surface area (Å²) < 4.78 is 7.61. The molecular formula is C17H25N3O. The first-order valence-corrected chi connectivity index (χ1v) is 7.69. The van der Waals surface area contributed by atoms with Crippen LogP contribution in [0.1, 0.15) is 45.2 Å². The highest BCUT2D eigenvalue weighted by Gasteiger charge is 2.01. The summed E-state index contributed by atoms with van der Waals surface area (Å²) >= 11 is 0. The molecule has 0 atom stereocenters. The van der Waals surface area contributed by atoms with Gasteiger partial charge in [0.2, 0.25) is 0 Å². The zero-order valence-electron chi connectivity index (χ0n) is 13.2. The van der Waals surface area contributed by atoms with Gasteiger partial charge in [0.1, 0.15) is 5.75 Å². The van der Waals surface area contributed by atoms with Gasteiger partial charge in [-0.05, 0) is 38.0 Å². The molecule has 0 saturated carbocycles. The van der Waals surface area contributed by atoms with Gasteiger partial charge in [-0.2, -0.15) is 5.10 Å². The third kappa shape index (κ3) is 4.81. The van der Waals surface area contributed by atoms with Crippen molar-refractivity contribution in [3.63, 3.8) is 0 Å². The first-order valence-electron chi connectivity index (χ1n) is 7.69. The molecule has 0 aliphatic rings. The molecule has 0 bridgehead atoms. The fourth-order valence-electron chi connectivity index (χ4n) is 1.95. The highest BCUT2D eigenvalue weighted by Crippen LogP contribution is 2.15. The molecule has 0 aliphatic carbocycles. The smallest absolute Gasteiger partial charge is 0.119 e. The van der Waals surface area contributed by atoms with Crippen LogP contribution < -0.4 is 10.1 Å². The van der Waals surface area contributed by atoms with Gasteiger partial charge in [-0.25, -0.2) is 0 Å². The monoisotopic (exact) mass is 287 g/mol. The van der Waals surface area contributed by atoms with Crippen molar-refractivity contribution in [3.05, 3.63) is 42.2 Å². The zero-order chi connectivity index (χ0) is 15.1. The molecule has 0 fully saturated rings. The quantitative estimate of drug-likeness (QED) is 0.737. The summed E-state index contributed by atoms with van der Waals surface area (Å²) in [6.07, 6.45) is 6.16. The van der Waals surface area contributed by atoms with Crippen LogP contribution in [0.25, 0.3) is 0 Å². The van der Waals surface area contributed by atoms with Crippen LogP contribution in [0.5, 0.6) is 5.75 Å². The van der Waals surface area contributed by atoms with Crippen molar-refractivity contribution in [2.75, 3.05) is 11.9 Å². The van der Waals surface area contributed by atoms with Gasteiger partial charge in [0.05, 0.1) is 18.5 Å². The average molecular weight is 287 g/mol. The molecule has 0 saturated heterocycles. The Morgan fingerprint density at radius 1 is 1.24 bits per heavy atom. The SMILES string of the molecule is CCCCOc1ccc(CNc2cnn(C(C)C)c2)cc1. The molecule has 1 N–H and O–H groups in total. The molecule has 1 heterocycles. The van der Waals surface area contributed by atoms with E-state index in [1.807, 2.05) is 29.2 Å². The molecule has 114 valence electrons. The first kappa shape index (κ1) is 15.4. The van der Waals surface area contributed by atoms with Crippen molar-refractivity contribution < 1.29 is 4.74 Å². The molecular weight excluding hydrogens is 262 g/mol. The van der Waals surface area contributed by atoms with E-state index in [4.69, 9.17) is 4.74 Å². The molecule has 2 rings (SSSR count). The van der Waals surface area contributed by atoms with E-state index in [0.29, 0.717) is 6.04 Å². The minimum absolute atomic E-state index is 0.389. The second-order valence-corrected chi connectivity index (χ2v) is 5.50. The fourth-order valence-corrected chi connectivity index (χ4v) is 1.95. The summed E-state index contributed by atoms with van der Waals surface area (Å²) in [4.78, 5) is 0. The number of hydrogen-bond acceptors (Lipinski definition) is 3. The van der Waals surface area contributed by atoms with E-state index in [-0.39, 0.29) is 0 Å². The van der Waals surface area contributed by atoms with Crippen LogP contribution in [0.3, 0.4) is 0 Å². The molecule has 21 heavy (non-hydrogen) atoms. The van der Waals surface area contributed by atoms with Crippen LogP contribution in [0.4, 0.5) is 5.69 Å². The van der Waals surface area contributed by atoms with Gasteiger partial charge in [-0.15, -0.1) is 0 Å². The van der Waals surface area contributed by atoms with Crippen LogP contribution >= 0.6 is 0 Å². The predicted octanol–water partition coefficient (Wildman–Crippen LogP) is 4.26. The van der Waals surface area contributed by atoms with E-state index in [1.54, 1.807) is 0 Å². The number of rotatable bonds is 8. The molecule has 0 radical (unpaired) electrons. The second kappa shape index (κ2) is 7.72. The standard InChI is InChI=1S/C17H25N3O/c1-4-5-10-21-17-8-6-15(7-9-17)11-18-16-12-19-20(13-16)14(2)3/h6-9,12-14,18H,4-5,10-11H2,1-3H3. The van der Waals surface area contributed by atoms with E-state index in [1.165, 1.54) is 5.56 Å². The van der Waals surface area contributed by atoms with Crippen molar-refractivity contribution in [2.45, 2.75) is 46.2 Å². The molecule has 0 aliphatic heterocycles. The summed E-state index contributed by atoms with van der Waals surface area (Å²) in [5, 5.41) is 7.70. The van der Waals surface area contributed by atoms with Crippen molar-refractivity contribution in [2.24, 2.45) is 0 Å². The van der Waals surface area contributed by atoms with Crippen molar-refractivity contribution in [3.8, 4) is 5.75 Å². The third-order valence-electron chi connectivity index (χ3n) is 3.32. The van der Waals surface area contributed by atoms with Gasteiger partial charge in [0, 0.05) is 18.8 Å². The van der Waals surface area contributed by atoms with E-state index in [9.17, 15) is 0 Å². The fraction of sp³-hybridized carbons (Fsp3) is 0.471. The Morgan fingerprint density at radius 2 is 2.00 bits per heavy atom. The number of benzene rings is 1. The molecule has 4 nitrogen and oxygen atoms in total. The first-order chi connectivity index (χ1) is 10.2. The molecule has 1 aromatic heterocycles. The van der Waals surface area contributed by atoms with Gasteiger partial charge in [-0.3, -0.25) is 4.68 Å². The van der Waals surface area contributed by atoms with E-state index in [2.05, 4.69) is 43.3 Å². The van der Waals surface area contributed by atoms with Gasteiger partial charge < -0.3 is 10.1 Å². The lowest BCUT2D eigenvalue weighted by Gasteiger charge is -2.07. The topological polar surface area (TPSA) is 39.1 Å². The molecule has 0 unspecified atom stereocenters. The summed E-state index contributed by atoms with van der Waals surface area (Å²) in [6, 6.07) is 8.65. The van der Waals surface area contributed by atoms with Crippen LogP contribution in [-0.2, 0) is 6.54 Å². The lowest BCUT2D eigenvalue weighted by molar-refractivity contribution is 0.309. The molecule has 1 aromatic carbocycles. The molecule has 4 heteroatoms. The van der Waals surface area contributed by atoms with E-state index < -0.39 is 0 Å². The number of nitrogens with zero attached hydrogens (tertiary/aromatic N) is 2. The van der Waals surface area contributed by atoms with Gasteiger partial charge >= 0.3 is 0 Å². The number of anilines is 1. The van der Waals surface area contributed by atoms with Crippen molar-refractivity contribution in [1.82, 2.24) is 9.78 Å². The van der Waals surface area contributed by atoms with Crippen molar-refractivity contribution >= 4 is 5.69 Å². The summed E-state index contributed by atoms with van der Waals surface area (Å²) in [5.41, 5.74) is 2.28. The highest BCUT2D eigenvalue weighted by molar-refractivity contribution is 5.39. The molecule has 2 aromatic rings. The number of hydrogen-bond donors (Lipinski definition) is 1. The Balaban J connectivity index is 1.82. The lowest BCUT2D eigenvalue weighted by atomic mass is 10.2. The number of nitrogens with one attached hydrogen (secondary N) is 1. The Kier molecular flexibility index (Phi) is 5.67. The number of ether oxygens (including phenoxy) is 1. The lowest BCUT2D eigenvalue weighted by Crippen LogP contribution is -2.01. The summed E-state index contributed by atoms with van der Waals surface area (Å²) in [7, 11) is 0. The van der Waals surface area contributed by atoms with Crippen LogP contribution in [0, 0.1) is 0 Å². The normalized spacial score (nSPS) is 10.9. The van der Waals surface area contributed by atoms with Gasteiger partial charge in [0.25, 0.3) is 0 Å². The van der Waals surface area contributed by atoms with Crippen LogP contribution in [-0.4, -0.2) is 16.4 Å². The van der Waals surface area contributed by atoms with Crippen molar-refractivity contribution in [1.29, 1.82) is 0 Å². The highest BCUT2D eigenvalue weighted by atomic mass is 16.5. The largest absolute Gasteiger partial charge is 0.494 e. The Labute approximate surface area is 127 Å². The molecule has 0 spiro atoms. The summed E-state index contributed by atoms with van der Waals surface area (Å²) in [5.74, 6) is 0.944. The molecule has 0 amide bonds. The van der Waals surface area contributed by atoms with Crippen LogP contribution in [0.2, 0.25) is 0 Å². The Bertz CT molecular complexity index is 531. The summed E-state index contributed by atoms with van der Waals surface area (Å²) in [6.45, 7) is 7.99. The Morgan fingerprint density at radius 3 is 2.62 bits per heavy atom. The van der Waals surface area contributed by atoms with E-state index in [0.717, 1.165) is 37.4 Å². The maximum Gasteiger partial charge on any atom is 0.119 e. The maximum atomic E-state index is 5.66. The maximum absolute atomic E-state index is 5.66. The predicted molar refractivity (Wildman–Crippen MR) is 86.8 cm³/mol. The zero-order valence-corrected chi connectivity index (χ0v) is 13.2. The van der Waals surface area contributed by atoms with Gasteiger partial charge in [-0.1, -0.05) is 25.5 Å². The second-order valence-electron chi connectivity index (χ2n) is 5.50. The average Bonchev–Trinajstić information content (AvgIpc) is 2.96. The number of aromatic nitrogens is 2. The van der Waals surface area contributed by atoms with E-state index >= 15 is 0 Å².